The zero-order valence-electron chi connectivity index (χ0n) is 9.28. The van der Waals surface area contributed by atoms with Crippen molar-refractivity contribution >= 4 is 0 Å². The average molecular weight is 199 g/mol. The number of hydrogen-bond acceptors (Lipinski definition) is 0. The molecule has 1 fully saturated rings. The van der Waals surface area contributed by atoms with Crippen molar-refractivity contribution in [1.29, 1.82) is 0 Å². The third-order valence-corrected chi connectivity index (χ3v) is 3.56. The second kappa shape index (κ2) is 4.57. The van der Waals surface area contributed by atoms with Crippen LogP contribution in [0.4, 0.5) is 0 Å². The molecule has 0 amide bonds. The predicted molar refractivity (Wildman–Crippen MR) is 65.8 cm³/mol. The highest BCUT2D eigenvalue weighted by Gasteiger charge is 2.19. The molecule has 80 valence electrons. The number of rotatable bonds is 2. The standard InChI is InChI=1S/C15H19/c1-3-13-6-10-15(11-7-13)14-8-4-12(2)5-9-14/h3-5,8-9,13,15H,1-2,6-7,10-11H2/q-1. The minimum Gasteiger partial charge on any atom is -0.199 e. The highest BCUT2D eigenvalue weighted by Crippen LogP contribution is 2.35. The molecule has 0 bridgehead atoms. The lowest BCUT2D eigenvalue weighted by atomic mass is 9.79. The van der Waals surface area contributed by atoms with Crippen molar-refractivity contribution in [3.05, 3.63) is 55.0 Å². The number of allylic oxidation sites excluding steroid dienone is 1. The van der Waals surface area contributed by atoms with E-state index >= 15 is 0 Å². The lowest BCUT2D eigenvalue weighted by molar-refractivity contribution is 0.376. The van der Waals surface area contributed by atoms with Crippen molar-refractivity contribution < 1.29 is 0 Å². The van der Waals surface area contributed by atoms with E-state index < -0.39 is 0 Å². The summed E-state index contributed by atoms with van der Waals surface area (Å²) in [4.78, 5) is 0. The van der Waals surface area contributed by atoms with Crippen molar-refractivity contribution in [2.24, 2.45) is 5.92 Å². The van der Waals surface area contributed by atoms with Gasteiger partial charge in [-0.1, -0.05) is 11.6 Å². The van der Waals surface area contributed by atoms with Gasteiger partial charge in [0.05, 0.1) is 0 Å². The van der Waals surface area contributed by atoms with E-state index in [2.05, 4.69) is 43.8 Å². The van der Waals surface area contributed by atoms with Crippen LogP contribution in [0.2, 0.25) is 0 Å². The largest absolute Gasteiger partial charge is 0.199 e. The Morgan fingerprint density at radius 2 is 1.67 bits per heavy atom. The van der Waals surface area contributed by atoms with Gasteiger partial charge in [-0.2, -0.15) is 24.6 Å². The van der Waals surface area contributed by atoms with Crippen molar-refractivity contribution in [2.75, 3.05) is 0 Å². The highest BCUT2D eigenvalue weighted by atomic mass is 14.2. The molecule has 1 saturated carbocycles. The molecule has 0 atom stereocenters. The van der Waals surface area contributed by atoms with E-state index in [9.17, 15) is 0 Å². The van der Waals surface area contributed by atoms with Gasteiger partial charge < -0.3 is 0 Å². The molecule has 1 aromatic rings. The average Bonchev–Trinajstić information content (AvgIpc) is 2.30. The summed E-state index contributed by atoms with van der Waals surface area (Å²) in [5, 5.41) is 0. The van der Waals surface area contributed by atoms with E-state index in [0.29, 0.717) is 0 Å². The predicted octanol–water partition coefficient (Wildman–Crippen LogP) is 4.33. The van der Waals surface area contributed by atoms with E-state index in [1.807, 2.05) is 0 Å². The van der Waals surface area contributed by atoms with E-state index in [-0.39, 0.29) is 0 Å². The van der Waals surface area contributed by atoms with Gasteiger partial charge in [0.1, 0.15) is 0 Å². The molecule has 1 aliphatic rings. The first kappa shape index (κ1) is 10.4. The highest BCUT2D eigenvalue weighted by molar-refractivity contribution is 5.27. The van der Waals surface area contributed by atoms with E-state index in [1.54, 1.807) is 0 Å². The van der Waals surface area contributed by atoms with Crippen LogP contribution in [0.25, 0.3) is 0 Å². The van der Waals surface area contributed by atoms with Crippen LogP contribution in [-0.4, -0.2) is 0 Å². The Balaban J connectivity index is 2.01. The van der Waals surface area contributed by atoms with Gasteiger partial charge in [-0.05, 0) is 37.5 Å². The molecular weight excluding hydrogens is 180 g/mol. The fourth-order valence-electron chi connectivity index (χ4n) is 2.48. The Hall–Kier alpha value is -1.17. The second-order valence-corrected chi connectivity index (χ2v) is 4.59. The number of benzene rings is 1. The fraction of sp³-hybridized carbons (Fsp3) is 0.400. The van der Waals surface area contributed by atoms with E-state index in [4.69, 9.17) is 0 Å². The SMILES string of the molecule is C=CC1CCC(c2ccc([CH2-])cc2)CC1. The minimum atomic E-state index is 0.758. The first-order chi connectivity index (χ1) is 7.29. The van der Waals surface area contributed by atoms with Crippen LogP contribution in [0.5, 0.6) is 0 Å². The Bertz CT molecular complexity index is 312. The van der Waals surface area contributed by atoms with Crippen LogP contribution in [-0.2, 0) is 0 Å². The maximum absolute atomic E-state index is 3.92. The summed E-state index contributed by atoms with van der Waals surface area (Å²) in [5.41, 5.74) is 2.60. The Morgan fingerprint density at radius 1 is 1.07 bits per heavy atom. The van der Waals surface area contributed by atoms with Crippen molar-refractivity contribution in [3.8, 4) is 0 Å². The molecule has 1 aliphatic carbocycles. The maximum Gasteiger partial charge on any atom is -0.0182 e. The normalized spacial score (nSPS) is 26.1. The van der Waals surface area contributed by atoms with Crippen molar-refractivity contribution in [1.82, 2.24) is 0 Å². The lowest BCUT2D eigenvalue weighted by Crippen LogP contribution is -2.11. The van der Waals surface area contributed by atoms with Crippen molar-refractivity contribution in [2.45, 2.75) is 31.6 Å². The van der Waals surface area contributed by atoms with E-state index in [0.717, 1.165) is 17.4 Å². The molecule has 0 heterocycles. The summed E-state index contributed by atoms with van der Waals surface area (Å²) >= 11 is 0. The molecule has 0 spiro atoms. The maximum atomic E-state index is 3.92. The zero-order valence-corrected chi connectivity index (χ0v) is 9.28. The lowest BCUT2D eigenvalue weighted by Gasteiger charge is -2.27. The summed E-state index contributed by atoms with van der Waals surface area (Å²) in [6, 6.07) is 8.71. The summed E-state index contributed by atoms with van der Waals surface area (Å²) in [7, 11) is 0. The third kappa shape index (κ3) is 2.44. The Morgan fingerprint density at radius 3 is 2.20 bits per heavy atom. The smallest absolute Gasteiger partial charge is 0.0182 e. The molecule has 0 aliphatic heterocycles. The van der Waals surface area contributed by atoms with Gasteiger partial charge in [0.15, 0.2) is 0 Å². The van der Waals surface area contributed by atoms with E-state index in [1.165, 1.54) is 31.2 Å². The zero-order chi connectivity index (χ0) is 10.7. The first-order valence-corrected chi connectivity index (χ1v) is 5.84. The van der Waals surface area contributed by atoms with Crippen LogP contribution >= 0.6 is 0 Å². The molecule has 2 rings (SSSR count). The van der Waals surface area contributed by atoms with Crippen LogP contribution in [0, 0.1) is 12.8 Å². The van der Waals surface area contributed by atoms with Gasteiger partial charge in [-0.3, -0.25) is 0 Å². The molecule has 0 unspecified atom stereocenters. The van der Waals surface area contributed by atoms with Crippen LogP contribution in [0.3, 0.4) is 0 Å². The summed E-state index contributed by atoms with van der Waals surface area (Å²) in [6.07, 6.45) is 7.36. The monoisotopic (exact) mass is 199 g/mol. The van der Waals surface area contributed by atoms with Crippen molar-refractivity contribution in [3.63, 3.8) is 0 Å². The molecule has 0 N–H and O–H groups in total. The summed E-state index contributed by atoms with van der Waals surface area (Å²) in [5.74, 6) is 1.52. The minimum absolute atomic E-state index is 0.758. The Labute approximate surface area is 93.0 Å². The molecular formula is C15H19-. The van der Waals surface area contributed by atoms with Gasteiger partial charge in [0.25, 0.3) is 0 Å². The first-order valence-electron chi connectivity index (χ1n) is 5.84. The van der Waals surface area contributed by atoms with Crippen LogP contribution < -0.4 is 0 Å². The molecule has 0 heteroatoms. The molecule has 1 aromatic carbocycles. The molecule has 0 aromatic heterocycles. The third-order valence-electron chi connectivity index (χ3n) is 3.56. The summed E-state index contributed by atoms with van der Waals surface area (Å²) < 4.78 is 0. The number of hydrogen-bond donors (Lipinski definition) is 0. The molecule has 0 radical (unpaired) electrons. The second-order valence-electron chi connectivity index (χ2n) is 4.59. The van der Waals surface area contributed by atoms with Gasteiger partial charge in [0, 0.05) is 0 Å². The van der Waals surface area contributed by atoms with Gasteiger partial charge in [-0.15, -0.1) is 18.7 Å². The Kier molecular flexibility index (Phi) is 3.15. The van der Waals surface area contributed by atoms with Gasteiger partial charge in [-0.25, -0.2) is 0 Å². The topological polar surface area (TPSA) is 0 Å². The van der Waals surface area contributed by atoms with Gasteiger partial charge in [0.2, 0.25) is 0 Å². The molecule has 15 heavy (non-hydrogen) atoms. The van der Waals surface area contributed by atoms with Gasteiger partial charge >= 0.3 is 0 Å². The van der Waals surface area contributed by atoms with Crippen LogP contribution in [0.15, 0.2) is 36.9 Å². The van der Waals surface area contributed by atoms with Crippen LogP contribution in [0.1, 0.15) is 42.7 Å². The fourth-order valence-corrected chi connectivity index (χ4v) is 2.48. The quantitative estimate of drug-likeness (QED) is 0.491. The molecule has 0 saturated heterocycles. The summed E-state index contributed by atoms with van der Waals surface area (Å²) in [6.45, 7) is 7.80. The molecule has 0 nitrogen and oxygen atoms in total.